The van der Waals surface area contributed by atoms with Gasteiger partial charge in [-0.15, -0.1) is 0 Å². The van der Waals surface area contributed by atoms with Crippen molar-refractivity contribution >= 4 is 11.1 Å². The molecule has 0 aromatic heterocycles. The standard InChI is InChI=1S/C18H17F3O/c1-2-16(13-6-4-3-5-7-13)17(12-18(19,20)21)14-8-10-15(22)11-9-14/h3-11,22H,2,12H2,1H3/b17-16+. The highest BCUT2D eigenvalue weighted by atomic mass is 19.4. The summed E-state index contributed by atoms with van der Waals surface area (Å²) in [4.78, 5) is 0. The topological polar surface area (TPSA) is 20.2 Å². The molecule has 0 spiro atoms. The average molecular weight is 306 g/mol. The van der Waals surface area contributed by atoms with E-state index in [2.05, 4.69) is 0 Å². The number of hydrogen-bond donors (Lipinski definition) is 1. The molecular formula is C18H17F3O. The van der Waals surface area contributed by atoms with E-state index in [1.165, 1.54) is 24.3 Å². The van der Waals surface area contributed by atoms with E-state index in [-0.39, 0.29) is 11.3 Å². The zero-order chi connectivity index (χ0) is 16.2. The number of allylic oxidation sites excluding steroid dienone is 2. The maximum absolute atomic E-state index is 13.0. The van der Waals surface area contributed by atoms with Gasteiger partial charge < -0.3 is 5.11 Å². The molecule has 0 saturated heterocycles. The highest BCUT2D eigenvalue weighted by Crippen LogP contribution is 2.37. The number of alkyl halides is 3. The van der Waals surface area contributed by atoms with Gasteiger partial charge in [0.2, 0.25) is 0 Å². The van der Waals surface area contributed by atoms with Gasteiger partial charge in [0.15, 0.2) is 0 Å². The maximum Gasteiger partial charge on any atom is 0.393 e. The van der Waals surface area contributed by atoms with Crippen molar-refractivity contribution in [3.8, 4) is 5.75 Å². The van der Waals surface area contributed by atoms with Crippen LogP contribution in [0.1, 0.15) is 30.9 Å². The highest BCUT2D eigenvalue weighted by Gasteiger charge is 2.30. The number of benzene rings is 2. The third-order valence-corrected chi connectivity index (χ3v) is 3.43. The average Bonchev–Trinajstić information content (AvgIpc) is 2.48. The molecule has 4 heteroatoms. The summed E-state index contributed by atoms with van der Waals surface area (Å²) in [5, 5.41) is 9.35. The lowest BCUT2D eigenvalue weighted by Crippen LogP contribution is -2.09. The fraction of sp³-hybridized carbons (Fsp3) is 0.222. The summed E-state index contributed by atoms with van der Waals surface area (Å²) in [6.45, 7) is 1.85. The molecule has 2 rings (SSSR count). The van der Waals surface area contributed by atoms with E-state index in [9.17, 15) is 18.3 Å². The molecule has 0 radical (unpaired) electrons. The summed E-state index contributed by atoms with van der Waals surface area (Å²) >= 11 is 0. The first-order chi connectivity index (χ1) is 10.4. The second kappa shape index (κ2) is 6.69. The molecule has 2 aromatic rings. The van der Waals surface area contributed by atoms with Crippen molar-refractivity contribution in [2.45, 2.75) is 25.9 Å². The van der Waals surface area contributed by atoms with Crippen LogP contribution in [0.2, 0.25) is 0 Å². The fourth-order valence-corrected chi connectivity index (χ4v) is 2.48. The summed E-state index contributed by atoms with van der Waals surface area (Å²) < 4.78 is 39.0. The Balaban J connectivity index is 2.59. The lowest BCUT2D eigenvalue weighted by atomic mass is 9.90. The van der Waals surface area contributed by atoms with Crippen LogP contribution >= 0.6 is 0 Å². The molecule has 116 valence electrons. The van der Waals surface area contributed by atoms with Gasteiger partial charge in [0.25, 0.3) is 0 Å². The Labute approximate surface area is 127 Å². The normalized spacial score (nSPS) is 12.9. The smallest absolute Gasteiger partial charge is 0.393 e. The first-order valence-electron chi connectivity index (χ1n) is 7.04. The summed E-state index contributed by atoms with van der Waals surface area (Å²) in [7, 11) is 0. The molecule has 0 bridgehead atoms. The van der Waals surface area contributed by atoms with Gasteiger partial charge in [-0.3, -0.25) is 0 Å². The van der Waals surface area contributed by atoms with Gasteiger partial charge in [0.1, 0.15) is 5.75 Å². The molecule has 0 aliphatic carbocycles. The van der Waals surface area contributed by atoms with Gasteiger partial charge in [-0.25, -0.2) is 0 Å². The predicted molar refractivity (Wildman–Crippen MR) is 82.3 cm³/mol. The Kier molecular flexibility index (Phi) is 4.91. The van der Waals surface area contributed by atoms with Gasteiger partial charge in [-0.05, 0) is 40.8 Å². The van der Waals surface area contributed by atoms with Crippen LogP contribution in [-0.4, -0.2) is 11.3 Å². The first kappa shape index (κ1) is 16.1. The third kappa shape index (κ3) is 4.13. The van der Waals surface area contributed by atoms with Crippen LogP contribution in [0.5, 0.6) is 5.75 Å². The lowest BCUT2D eigenvalue weighted by molar-refractivity contribution is -0.122. The minimum absolute atomic E-state index is 0.0351. The van der Waals surface area contributed by atoms with Crippen molar-refractivity contribution in [1.82, 2.24) is 0 Å². The zero-order valence-electron chi connectivity index (χ0n) is 12.2. The van der Waals surface area contributed by atoms with E-state index in [0.29, 0.717) is 17.6 Å². The molecule has 0 aliphatic heterocycles. The first-order valence-corrected chi connectivity index (χ1v) is 7.04. The minimum atomic E-state index is -4.29. The van der Waals surface area contributed by atoms with E-state index in [4.69, 9.17) is 0 Å². The SMILES string of the molecule is CC/C(=C(/CC(F)(F)F)c1ccc(O)cc1)c1ccccc1. The van der Waals surface area contributed by atoms with Gasteiger partial charge in [-0.2, -0.15) is 13.2 Å². The van der Waals surface area contributed by atoms with Crippen LogP contribution in [0.25, 0.3) is 11.1 Å². The second-order valence-electron chi connectivity index (χ2n) is 5.02. The van der Waals surface area contributed by atoms with Crippen LogP contribution in [-0.2, 0) is 0 Å². The summed E-state index contributed by atoms with van der Waals surface area (Å²) in [5.41, 5.74) is 2.19. The van der Waals surface area contributed by atoms with Gasteiger partial charge in [0, 0.05) is 0 Å². The molecule has 0 unspecified atom stereocenters. The van der Waals surface area contributed by atoms with Crippen molar-refractivity contribution in [3.05, 3.63) is 65.7 Å². The Bertz CT molecular complexity index is 640. The van der Waals surface area contributed by atoms with E-state index in [0.717, 1.165) is 5.56 Å². The second-order valence-corrected chi connectivity index (χ2v) is 5.02. The van der Waals surface area contributed by atoms with Crippen LogP contribution in [0.3, 0.4) is 0 Å². The van der Waals surface area contributed by atoms with Gasteiger partial charge >= 0.3 is 6.18 Å². The number of rotatable bonds is 4. The lowest BCUT2D eigenvalue weighted by Gasteiger charge is -2.17. The van der Waals surface area contributed by atoms with Crippen LogP contribution in [0.15, 0.2) is 54.6 Å². The molecule has 0 fully saturated rings. The van der Waals surface area contributed by atoms with Gasteiger partial charge in [0.05, 0.1) is 6.42 Å². The van der Waals surface area contributed by atoms with Crippen molar-refractivity contribution in [1.29, 1.82) is 0 Å². The predicted octanol–water partition coefficient (Wildman–Crippen LogP) is 5.67. The van der Waals surface area contributed by atoms with E-state index in [1.807, 2.05) is 37.3 Å². The largest absolute Gasteiger partial charge is 0.508 e. The number of halogens is 3. The quantitative estimate of drug-likeness (QED) is 0.722. The van der Waals surface area contributed by atoms with Crippen LogP contribution < -0.4 is 0 Å². The molecular weight excluding hydrogens is 289 g/mol. The zero-order valence-corrected chi connectivity index (χ0v) is 12.2. The Morgan fingerprint density at radius 2 is 1.41 bits per heavy atom. The third-order valence-electron chi connectivity index (χ3n) is 3.43. The Morgan fingerprint density at radius 3 is 1.91 bits per heavy atom. The van der Waals surface area contributed by atoms with Crippen LogP contribution in [0.4, 0.5) is 13.2 Å². The Morgan fingerprint density at radius 1 is 0.864 bits per heavy atom. The summed E-state index contributed by atoms with van der Waals surface area (Å²) in [6, 6.07) is 14.9. The molecule has 0 atom stereocenters. The number of phenolic OH excluding ortho intramolecular Hbond substituents is 1. The molecule has 1 nitrogen and oxygen atoms in total. The number of hydrogen-bond acceptors (Lipinski definition) is 1. The van der Waals surface area contributed by atoms with E-state index >= 15 is 0 Å². The van der Waals surface area contributed by atoms with E-state index in [1.54, 1.807) is 0 Å². The molecule has 1 N–H and O–H groups in total. The monoisotopic (exact) mass is 306 g/mol. The minimum Gasteiger partial charge on any atom is -0.508 e. The highest BCUT2D eigenvalue weighted by molar-refractivity contribution is 5.91. The van der Waals surface area contributed by atoms with E-state index < -0.39 is 12.6 Å². The molecule has 0 heterocycles. The van der Waals surface area contributed by atoms with Crippen molar-refractivity contribution in [2.75, 3.05) is 0 Å². The molecule has 0 saturated carbocycles. The summed E-state index contributed by atoms with van der Waals surface area (Å²) in [6.07, 6.45) is -4.78. The molecule has 0 amide bonds. The fourth-order valence-electron chi connectivity index (χ4n) is 2.48. The Hall–Kier alpha value is -2.23. The van der Waals surface area contributed by atoms with Crippen molar-refractivity contribution < 1.29 is 18.3 Å². The maximum atomic E-state index is 13.0. The molecule has 22 heavy (non-hydrogen) atoms. The molecule has 0 aliphatic rings. The molecule has 2 aromatic carbocycles. The number of aromatic hydroxyl groups is 1. The van der Waals surface area contributed by atoms with Crippen LogP contribution in [0, 0.1) is 0 Å². The van der Waals surface area contributed by atoms with Crippen molar-refractivity contribution in [3.63, 3.8) is 0 Å². The van der Waals surface area contributed by atoms with Crippen molar-refractivity contribution in [2.24, 2.45) is 0 Å². The summed E-state index contributed by atoms with van der Waals surface area (Å²) in [5.74, 6) is 0.0351. The number of phenols is 1. The van der Waals surface area contributed by atoms with Gasteiger partial charge in [-0.1, -0.05) is 49.4 Å².